The van der Waals surface area contributed by atoms with E-state index in [9.17, 15) is 19.7 Å². The molecule has 20 heavy (non-hydrogen) atoms. The number of nitrogens with one attached hydrogen (secondary N) is 1. The van der Waals surface area contributed by atoms with Crippen LogP contribution in [0.5, 0.6) is 0 Å². The molecule has 0 atom stereocenters. The number of carbonyl (C=O) groups excluding carboxylic acids is 2. The molecule has 9 nitrogen and oxygen atoms in total. The van der Waals surface area contributed by atoms with Crippen LogP contribution in [-0.4, -0.2) is 47.7 Å². The van der Waals surface area contributed by atoms with Crippen molar-refractivity contribution in [3.8, 4) is 0 Å². The Kier molecular flexibility index (Phi) is 6.54. The number of nitrogens with two attached hydrogens (primary N) is 1. The molecule has 1 saturated heterocycles. The first-order valence-corrected chi connectivity index (χ1v) is 6.60. The van der Waals surface area contributed by atoms with Gasteiger partial charge in [-0.05, 0) is 25.7 Å². The fourth-order valence-electron chi connectivity index (χ4n) is 2.07. The molecule has 0 spiro atoms. The van der Waals surface area contributed by atoms with Crippen LogP contribution in [0.25, 0.3) is 0 Å². The second kappa shape index (κ2) is 8.18. The first-order valence-electron chi connectivity index (χ1n) is 6.60. The summed E-state index contributed by atoms with van der Waals surface area (Å²) in [6.07, 6.45) is 2.71. The molecule has 0 aliphatic carbocycles. The molecule has 0 aromatic carbocycles. The minimum atomic E-state index is -0.841. The van der Waals surface area contributed by atoms with Gasteiger partial charge in [-0.15, -0.1) is 10.1 Å². The van der Waals surface area contributed by atoms with E-state index in [0.717, 1.165) is 0 Å². The summed E-state index contributed by atoms with van der Waals surface area (Å²) in [5, 5.41) is 11.9. The van der Waals surface area contributed by atoms with Gasteiger partial charge in [0.25, 0.3) is 5.09 Å². The molecule has 114 valence electrons. The molecule has 3 N–H and O–H groups in total. The number of nitrogens with zero attached hydrogens (tertiary/aromatic N) is 2. The van der Waals surface area contributed by atoms with E-state index < -0.39 is 11.1 Å². The van der Waals surface area contributed by atoms with Gasteiger partial charge in [-0.3, -0.25) is 4.79 Å². The normalized spacial score (nSPS) is 15.7. The summed E-state index contributed by atoms with van der Waals surface area (Å²) in [5.41, 5.74) is 5.17. The maximum atomic E-state index is 11.6. The summed E-state index contributed by atoms with van der Waals surface area (Å²) in [7, 11) is 0. The van der Waals surface area contributed by atoms with Crippen molar-refractivity contribution in [1.29, 1.82) is 0 Å². The highest BCUT2D eigenvalue weighted by molar-refractivity contribution is 5.76. The van der Waals surface area contributed by atoms with Gasteiger partial charge in [0, 0.05) is 25.6 Å². The third-order valence-electron chi connectivity index (χ3n) is 3.17. The quantitative estimate of drug-likeness (QED) is 0.388. The average molecular weight is 288 g/mol. The van der Waals surface area contributed by atoms with Crippen molar-refractivity contribution >= 4 is 11.9 Å². The highest BCUT2D eigenvalue weighted by Gasteiger charge is 2.22. The van der Waals surface area contributed by atoms with Gasteiger partial charge in [-0.2, -0.15) is 0 Å². The van der Waals surface area contributed by atoms with Gasteiger partial charge in [-0.25, -0.2) is 4.79 Å². The lowest BCUT2D eigenvalue weighted by Gasteiger charge is -2.31. The van der Waals surface area contributed by atoms with Crippen LogP contribution >= 0.6 is 0 Å². The van der Waals surface area contributed by atoms with E-state index in [2.05, 4.69) is 10.2 Å². The van der Waals surface area contributed by atoms with E-state index in [4.69, 9.17) is 5.73 Å². The molecule has 1 aliphatic heterocycles. The Bertz CT molecular complexity index is 355. The van der Waals surface area contributed by atoms with Crippen LogP contribution in [0.4, 0.5) is 4.79 Å². The van der Waals surface area contributed by atoms with Crippen molar-refractivity contribution < 1.29 is 19.5 Å². The molecule has 1 heterocycles. The molecular weight excluding hydrogens is 268 g/mol. The minimum absolute atomic E-state index is 0.0112. The standard InChI is InChI=1S/C11H20N4O5/c12-11(17)14-6-4-9(5-7-14)13-10(16)3-1-2-8-20-15(18)19/h9H,1-8H2,(H2,12,17)(H,13,16). The van der Waals surface area contributed by atoms with Crippen molar-refractivity contribution in [2.45, 2.75) is 38.1 Å². The van der Waals surface area contributed by atoms with E-state index in [1.54, 1.807) is 4.90 Å². The summed E-state index contributed by atoms with van der Waals surface area (Å²) >= 11 is 0. The summed E-state index contributed by atoms with van der Waals surface area (Å²) in [6.45, 7) is 1.12. The number of likely N-dealkylation sites (tertiary alicyclic amines) is 1. The van der Waals surface area contributed by atoms with Crippen LogP contribution in [0.1, 0.15) is 32.1 Å². The van der Waals surface area contributed by atoms with Crippen LogP contribution < -0.4 is 11.1 Å². The average Bonchev–Trinajstić information content (AvgIpc) is 2.38. The molecule has 1 rings (SSSR count). The number of piperidine rings is 1. The number of carbonyl (C=O) groups is 2. The van der Waals surface area contributed by atoms with Gasteiger partial charge in [0.05, 0.1) is 6.61 Å². The molecule has 0 aromatic heterocycles. The van der Waals surface area contributed by atoms with Crippen LogP contribution in [-0.2, 0) is 9.63 Å². The molecular formula is C11H20N4O5. The number of rotatable bonds is 7. The van der Waals surface area contributed by atoms with Crippen molar-refractivity contribution in [3.05, 3.63) is 10.1 Å². The predicted octanol–water partition coefficient (Wildman–Crippen LogP) is 0.0243. The number of urea groups is 1. The largest absolute Gasteiger partial charge is 0.353 e. The maximum Gasteiger partial charge on any atom is 0.314 e. The summed E-state index contributed by atoms with van der Waals surface area (Å²) in [5.74, 6) is -0.0800. The Labute approximate surface area is 116 Å². The van der Waals surface area contributed by atoms with Gasteiger partial charge >= 0.3 is 6.03 Å². The van der Waals surface area contributed by atoms with E-state index in [1.165, 1.54) is 0 Å². The molecule has 9 heteroatoms. The third-order valence-corrected chi connectivity index (χ3v) is 3.17. The Morgan fingerprint density at radius 3 is 2.55 bits per heavy atom. The van der Waals surface area contributed by atoms with Crippen LogP contribution in [0, 0.1) is 10.1 Å². The van der Waals surface area contributed by atoms with Gasteiger partial charge in [0.2, 0.25) is 5.91 Å². The summed E-state index contributed by atoms with van der Waals surface area (Å²) in [6, 6.07) is -0.367. The van der Waals surface area contributed by atoms with Crippen LogP contribution in [0.3, 0.4) is 0 Å². The molecule has 1 fully saturated rings. The van der Waals surface area contributed by atoms with E-state index >= 15 is 0 Å². The summed E-state index contributed by atoms with van der Waals surface area (Å²) in [4.78, 5) is 38.2. The zero-order valence-corrected chi connectivity index (χ0v) is 11.2. The van der Waals surface area contributed by atoms with Crippen molar-refractivity contribution in [2.75, 3.05) is 19.7 Å². The number of primary amides is 1. The number of hydrogen-bond donors (Lipinski definition) is 2. The monoisotopic (exact) mass is 288 g/mol. The van der Waals surface area contributed by atoms with Crippen LogP contribution in [0.15, 0.2) is 0 Å². The second-order valence-corrected chi connectivity index (χ2v) is 4.68. The Morgan fingerprint density at radius 2 is 2.00 bits per heavy atom. The second-order valence-electron chi connectivity index (χ2n) is 4.68. The Hall–Kier alpha value is -2.06. The molecule has 0 bridgehead atoms. The highest BCUT2D eigenvalue weighted by atomic mass is 16.9. The minimum Gasteiger partial charge on any atom is -0.353 e. The topological polar surface area (TPSA) is 128 Å². The van der Waals surface area contributed by atoms with Gasteiger partial charge in [0.15, 0.2) is 0 Å². The van der Waals surface area contributed by atoms with Gasteiger partial charge in [0.1, 0.15) is 0 Å². The number of amides is 3. The Morgan fingerprint density at radius 1 is 1.35 bits per heavy atom. The van der Waals surface area contributed by atoms with E-state index in [1.807, 2.05) is 0 Å². The lowest BCUT2D eigenvalue weighted by Crippen LogP contribution is -2.48. The lowest BCUT2D eigenvalue weighted by molar-refractivity contribution is -0.757. The smallest absolute Gasteiger partial charge is 0.314 e. The third kappa shape index (κ3) is 6.21. The molecule has 0 saturated carbocycles. The fraction of sp³-hybridized carbons (Fsp3) is 0.818. The molecule has 0 unspecified atom stereocenters. The van der Waals surface area contributed by atoms with Gasteiger partial charge in [-0.1, -0.05) is 0 Å². The number of hydrogen-bond acceptors (Lipinski definition) is 5. The SMILES string of the molecule is NC(=O)N1CCC(NC(=O)CCCCO[N+](=O)[O-])CC1. The van der Waals surface area contributed by atoms with Crippen LogP contribution in [0.2, 0.25) is 0 Å². The number of unbranched alkanes of at least 4 members (excludes halogenated alkanes) is 1. The van der Waals surface area contributed by atoms with E-state index in [-0.39, 0.29) is 18.6 Å². The first kappa shape index (κ1) is 16.0. The summed E-state index contributed by atoms with van der Waals surface area (Å²) < 4.78 is 0. The molecule has 3 amide bonds. The van der Waals surface area contributed by atoms with E-state index in [0.29, 0.717) is 45.2 Å². The van der Waals surface area contributed by atoms with Crippen molar-refractivity contribution in [2.24, 2.45) is 5.73 Å². The van der Waals surface area contributed by atoms with Gasteiger partial charge < -0.3 is 20.8 Å². The zero-order valence-electron chi connectivity index (χ0n) is 11.2. The zero-order chi connectivity index (χ0) is 15.0. The lowest BCUT2D eigenvalue weighted by atomic mass is 10.0. The Balaban J connectivity index is 2.08. The maximum absolute atomic E-state index is 11.6. The van der Waals surface area contributed by atoms with Crippen molar-refractivity contribution in [3.63, 3.8) is 0 Å². The molecule has 0 aromatic rings. The molecule has 1 aliphatic rings. The fourth-order valence-corrected chi connectivity index (χ4v) is 2.07. The van der Waals surface area contributed by atoms with Crippen molar-refractivity contribution in [1.82, 2.24) is 10.2 Å². The first-order chi connectivity index (χ1) is 9.49. The molecule has 0 radical (unpaired) electrons. The highest BCUT2D eigenvalue weighted by Crippen LogP contribution is 2.10. The predicted molar refractivity (Wildman–Crippen MR) is 69.1 cm³/mol.